The van der Waals surface area contributed by atoms with Crippen LogP contribution in [-0.2, 0) is 19.0 Å². The van der Waals surface area contributed by atoms with Gasteiger partial charge in [-0.2, -0.15) is 8.42 Å². The lowest BCUT2D eigenvalue weighted by atomic mass is 9.81. The van der Waals surface area contributed by atoms with Gasteiger partial charge in [-0.3, -0.25) is 4.18 Å². The number of alkyl carbamates (subject to hydrolysis) is 1. The van der Waals surface area contributed by atoms with Gasteiger partial charge in [0.2, 0.25) is 0 Å². The number of ether oxygens (including phenoxy) is 1. The Balaban J connectivity index is 4.61. The molecule has 6 nitrogen and oxygen atoms in total. The first kappa shape index (κ1) is 20.2. The van der Waals surface area contributed by atoms with E-state index in [2.05, 4.69) is 5.32 Å². The molecule has 0 aromatic rings. The first-order chi connectivity index (χ1) is 9.02. The Labute approximate surface area is 128 Å². The number of amides is 1. The summed E-state index contributed by atoms with van der Waals surface area (Å²) in [6.45, 7) is 12.9. The topological polar surface area (TPSA) is 81.7 Å². The fraction of sp³-hybridized carbons (Fsp3) is 0.929. The van der Waals surface area contributed by atoms with Gasteiger partial charge in [0.25, 0.3) is 10.1 Å². The predicted molar refractivity (Wildman–Crippen MR) is 82.6 cm³/mol. The number of carbonyl (C=O) groups is 1. The zero-order valence-corrected chi connectivity index (χ0v) is 15.2. The van der Waals surface area contributed by atoms with Gasteiger partial charge in [-0.15, -0.1) is 0 Å². The SMILES string of the molecule is CC(C)(COS(C)(=O)=O)CC(C)(C)NC(=O)OC(C)(C)C. The zero-order chi connectivity index (χ0) is 17.1. The highest BCUT2D eigenvalue weighted by Gasteiger charge is 2.32. The van der Waals surface area contributed by atoms with E-state index in [1.54, 1.807) is 20.8 Å². The second-order valence-electron chi connectivity index (χ2n) is 7.82. The van der Waals surface area contributed by atoms with E-state index in [1.165, 1.54) is 0 Å². The van der Waals surface area contributed by atoms with Crippen LogP contribution in [0.1, 0.15) is 54.9 Å². The third-order valence-electron chi connectivity index (χ3n) is 2.42. The third-order valence-corrected chi connectivity index (χ3v) is 2.97. The lowest BCUT2D eigenvalue weighted by Crippen LogP contribution is -2.48. The van der Waals surface area contributed by atoms with Gasteiger partial charge in [0.15, 0.2) is 0 Å². The first-order valence-corrected chi connectivity index (χ1v) is 8.69. The number of carbonyl (C=O) groups excluding carboxylic acids is 1. The molecule has 0 saturated heterocycles. The summed E-state index contributed by atoms with van der Waals surface area (Å²) in [5.41, 5.74) is -1.52. The van der Waals surface area contributed by atoms with Crippen molar-refractivity contribution in [2.45, 2.75) is 66.0 Å². The molecule has 0 spiro atoms. The van der Waals surface area contributed by atoms with Crippen molar-refractivity contribution in [3.05, 3.63) is 0 Å². The van der Waals surface area contributed by atoms with Gasteiger partial charge in [0.05, 0.1) is 12.9 Å². The number of hydrogen-bond donors (Lipinski definition) is 1. The highest BCUT2D eigenvalue weighted by Crippen LogP contribution is 2.29. The summed E-state index contributed by atoms with van der Waals surface area (Å²) in [5.74, 6) is 0. The summed E-state index contributed by atoms with van der Waals surface area (Å²) in [7, 11) is -3.47. The van der Waals surface area contributed by atoms with E-state index in [0.717, 1.165) is 6.26 Å². The van der Waals surface area contributed by atoms with Crippen LogP contribution in [0.15, 0.2) is 0 Å². The Bertz CT molecular complexity index is 460. The van der Waals surface area contributed by atoms with E-state index >= 15 is 0 Å². The minimum Gasteiger partial charge on any atom is -0.444 e. The number of rotatable bonds is 6. The largest absolute Gasteiger partial charge is 0.444 e. The van der Waals surface area contributed by atoms with Crippen LogP contribution in [-0.4, -0.2) is 38.5 Å². The van der Waals surface area contributed by atoms with Crippen LogP contribution in [0.25, 0.3) is 0 Å². The predicted octanol–water partition coefficient (Wildman–Crippen LogP) is 2.68. The third kappa shape index (κ3) is 11.5. The van der Waals surface area contributed by atoms with Gasteiger partial charge < -0.3 is 10.1 Å². The van der Waals surface area contributed by atoms with Gasteiger partial charge in [-0.05, 0) is 46.5 Å². The second-order valence-corrected chi connectivity index (χ2v) is 9.46. The van der Waals surface area contributed by atoms with Crippen molar-refractivity contribution in [2.75, 3.05) is 12.9 Å². The van der Waals surface area contributed by atoms with Crippen molar-refractivity contribution >= 4 is 16.2 Å². The quantitative estimate of drug-likeness (QED) is 0.760. The molecule has 0 radical (unpaired) electrons. The maximum atomic E-state index is 11.8. The van der Waals surface area contributed by atoms with Crippen LogP contribution in [0, 0.1) is 5.41 Å². The Kier molecular flexibility index (Phi) is 6.27. The Hall–Kier alpha value is -0.820. The van der Waals surface area contributed by atoms with E-state index < -0.39 is 32.8 Å². The molecule has 21 heavy (non-hydrogen) atoms. The highest BCUT2D eigenvalue weighted by atomic mass is 32.2. The lowest BCUT2D eigenvalue weighted by molar-refractivity contribution is 0.0429. The average molecular weight is 323 g/mol. The minimum absolute atomic E-state index is 0.0608. The molecule has 0 atom stereocenters. The van der Waals surface area contributed by atoms with Crippen LogP contribution in [0.5, 0.6) is 0 Å². The van der Waals surface area contributed by atoms with Crippen LogP contribution >= 0.6 is 0 Å². The molecule has 0 rings (SSSR count). The summed E-state index contributed by atoms with van der Waals surface area (Å²) in [6.07, 6.45) is 1.06. The monoisotopic (exact) mass is 323 g/mol. The first-order valence-electron chi connectivity index (χ1n) is 6.87. The molecule has 0 unspecified atom stereocenters. The van der Waals surface area contributed by atoms with Crippen LogP contribution in [0.4, 0.5) is 4.79 Å². The van der Waals surface area contributed by atoms with E-state index in [9.17, 15) is 13.2 Å². The summed E-state index contributed by atoms with van der Waals surface area (Å²) in [6, 6.07) is 0. The summed E-state index contributed by atoms with van der Waals surface area (Å²) in [4.78, 5) is 11.8. The van der Waals surface area contributed by atoms with Gasteiger partial charge in [-0.1, -0.05) is 13.8 Å². The molecular formula is C14H29NO5S. The van der Waals surface area contributed by atoms with Crippen LogP contribution < -0.4 is 5.32 Å². The van der Waals surface area contributed by atoms with Gasteiger partial charge in [0.1, 0.15) is 5.60 Å². The van der Waals surface area contributed by atoms with Gasteiger partial charge >= 0.3 is 6.09 Å². The van der Waals surface area contributed by atoms with Crippen molar-refractivity contribution < 1.29 is 22.1 Å². The van der Waals surface area contributed by atoms with E-state index in [1.807, 2.05) is 27.7 Å². The fourth-order valence-electron chi connectivity index (χ4n) is 2.14. The van der Waals surface area contributed by atoms with Crippen molar-refractivity contribution in [2.24, 2.45) is 5.41 Å². The molecule has 0 aliphatic rings. The maximum Gasteiger partial charge on any atom is 0.408 e. The fourth-order valence-corrected chi connectivity index (χ4v) is 2.67. The molecule has 0 aromatic carbocycles. The van der Waals surface area contributed by atoms with Crippen LogP contribution in [0.3, 0.4) is 0 Å². The van der Waals surface area contributed by atoms with E-state index in [-0.39, 0.29) is 6.61 Å². The van der Waals surface area contributed by atoms with Crippen molar-refractivity contribution in [3.8, 4) is 0 Å². The van der Waals surface area contributed by atoms with E-state index in [4.69, 9.17) is 8.92 Å². The van der Waals surface area contributed by atoms with E-state index in [0.29, 0.717) is 6.42 Å². The highest BCUT2D eigenvalue weighted by molar-refractivity contribution is 7.85. The van der Waals surface area contributed by atoms with Crippen molar-refractivity contribution in [1.82, 2.24) is 5.32 Å². The normalized spacial score (nSPS) is 13.9. The van der Waals surface area contributed by atoms with Crippen LogP contribution in [0.2, 0.25) is 0 Å². The molecule has 7 heteroatoms. The molecule has 0 aliphatic heterocycles. The molecule has 126 valence electrons. The smallest absolute Gasteiger partial charge is 0.408 e. The Morgan fingerprint density at radius 3 is 1.90 bits per heavy atom. The summed E-state index contributed by atoms with van der Waals surface area (Å²) in [5, 5.41) is 2.80. The minimum atomic E-state index is -3.47. The number of nitrogens with one attached hydrogen (secondary N) is 1. The zero-order valence-electron chi connectivity index (χ0n) is 14.4. The second kappa shape index (κ2) is 6.52. The van der Waals surface area contributed by atoms with Crippen molar-refractivity contribution in [1.29, 1.82) is 0 Å². The molecule has 0 aromatic heterocycles. The maximum absolute atomic E-state index is 11.8. The molecule has 0 fully saturated rings. The lowest BCUT2D eigenvalue weighted by Gasteiger charge is -2.35. The van der Waals surface area contributed by atoms with Gasteiger partial charge in [-0.25, -0.2) is 4.79 Å². The summed E-state index contributed by atoms with van der Waals surface area (Å²) < 4.78 is 32.2. The Morgan fingerprint density at radius 2 is 1.52 bits per heavy atom. The molecule has 1 N–H and O–H groups in total. The molecule has 1 amide bonds. The van der Waals surface area contributed by atoms with Crippen molar-refractivity contribution in [3.63, 3.8) is 0 Å². The summed E-state index contributed by atoms with van der Waals surface area (Å²) >= 11 is 0. The molecule has 0 heterocycles. The number of hydrogen-bond acceptors (Lipinski definition) is 5. The Morgan fingerprint density at radius 1 is 1.05 bits per heavy atom. The van der Waals surface area contributed by atoms with Gasteiger partial charge in [0, 0.05) is 5.54 Å². The molecule has 0 saturated carbocycles. The molecule has 0 aliphatic carbocycles. The molecular weight excluding hydrogens is 294 g/mol. The standard InChI is InChI=1S/C14H29NO5S/c1-12(2,3)20-11(16)15-14(6,7)9-13(4,5)10-19-21(8,17)18/h9-10H2,1-8H3,(H,15,16). The average Bonchev–Trinajstić information content (AvgIpc) is 2.06. The molecule has 0 bridgehead atoms.